The van der Waals surface area contributed by atoms with Gasteiger partial charge in [0.15, 0.2) is 5.75 Å². The molecule has 0 aliphatic carbocycles. The van der Waals surface area contributed by atoms with Crippen LogP contribution in [0.1, 0.15) is 6.92 Å². The van der Waals surface area contributed by atoms with Gasteiger partial charge in [-0.2, -0.15) is 0 Å². The first-order chi connectivity index (χ1) is 6.37. The van der Waals surface area contributed by atoms with Crippen LogP contribution in [0.25, 0.3) is 0 Å². The molecule has 0 heterocycles. The van der Waals surface area contributed by atoms with Gasteiger partial charge in [0.05, 0.1) is 6.61 Å². The van der Waals surface area contributed by atoms with Crippen molar-refractivity contribution < 1.29 is 17.9 Å². The molecule has 0 saturated carbocycles. The van der Waals surface area contributed by atoms with Crippen LogP contribution >= 0.6 is 11.6 Å². The lowest BCUT2D eigenvalue weighted by Gasteiger charge is -2.04. The highest BCUT2D eigenvalue weighted by atomic mass is 35.5. The predicted octanol–water partition coefficient (Wildman–Crippen LogP) is 0.221. The van der Waals surface area contributed by atoms with Gasteiger partial charge in [0.1, 0.15) is 0 Å². The first-order valence-corrected chi connectivity index (χ1v) is 5.86. The summed E-state index contributed by atoms with van der Waals surface area (Å²) in [4.78, 5) is 10.8. The minimum atomic E-state index is -3.67. The van der Waals surface area contributed by atoms with Gasteiger partial charge in [0.25, 0.3) is 0 Å². The van der Waals surface area contributed by atoms with Crippen molar-refractivity contribution in [3.63, 3.8) is 0 Å². The van der Waals surface area contributed by atoms with Crippen LogP contribution < -0.4 is 4.72 Å². The maximum absolute atomic E-state index is 11.1. The van der Waals surface area contributed by atoms with Crippen molar-refractivity contribution in [1.82, 2.24) is 4.72 Å². The van der Waals surface area contributed by atoms with Crippen molar-refractivity contribution >= 4 is 27.6 Å². The maximum Gasteiger partial charge on any atom is 0.322 e. The van der Waals surface area contributed by atoms with E-state index in [1.807, 2.05) is 0 Å². The Balaban J connectivity index is 4.08. The first kappa shape index (κ1) is 13.4. The Morgan fingerprint density at radius 3 is 2.57 bits per heavy atom. The zero-order chi connectivity index (χ0) is 11.2. The summed E-state index contributed by atoms with van der Waals surface area (Å²) in [6.45, 7) is 4.95. The van der Waals surface area contributed by atoms with Gasteiger partial charge >= 0.3 is 5.97 Å². The average Bonchev–Trinajstić information content (AvgIpc) is 2.00. The van der Waals surface area contributed by atoms with Crippen molar-refractivity contribution in [2.75, 3.05) is 18.9 Å². The minimum Gasteiger partial charge on any atom is -0.465 e. The van der Waals surface area contributed by atoms with Gasteiger partial charge in [-0.3, -0.25) is 4.79 Å². The molecule has 0 aromatic rings. The summed E-state index contributed by atoms with van der Waals surface area (Å²) in [5, 5.41) is 0.150. The van der Waals surface area contributed by atoms with Gasteiger partial charge < -0.3 is 4.74 Å². The van der Waals surface area contributed by atoms with E-state index in [0.717, 1.165) is 0 Å². The van der Waals surface area contributed by atoms with E-state index in [1.54, 1.807) is 6.92 Å². The molecule has 82 valence electrons. The molecule has 0 aliphatic rings. The number of sulfonamides is 1. The summed E-state index contributed by atoms with van der Waals surface area (Å²) in [5.74, 6) is -1.49. The van der Waals surface area contributed by atoms with E-state index in [4.69, 9.17) is 11.6 Å². The largest absolute Gasteiger partial charge is 0.465 e. The molecule has 0 atom stereocenters. The Morgan fingerprint density at radius 2 is 2.14 bits per heavy atom. The van der Waals surface area contributed by atoms with Crippen LogP contribution in [0.15, 0.2) is 11.6 Å². The third-order valence-corrected chi connectivity index (χ3v) is 2.43. The van der Waals surface area contributed by atoms with Crippen molar-refractivity contribution in [3.05, 3.63) is 11.6 Å². The van der Waals surface area contributed by atoms with Crippen LogP contribution in [0, 0.1) is 0 Å². The van der Waals surface area contributed by atoms with Gasteiger partial charge in [-0.05, 0) is 6.92 Å². The minimum absolute atomic E-state index is 0.0940. The van der Waals surface area contributed by atoms with E-state index in [0.29, 0.717) is 0 Å². The van der Waals surface area contributed by atoms with Crippen molar-refractivity contribution in [2.45, 2.75) is 6.92 Å². The fraction of sp³-hybridized carbons (Fsp3) is 0.571. The molecule has 5 nitrogen and oxygen atoms in total. The summed E-state index contributed by atoms with van der Waals surface area (Å²) in [5.41, 5.74) is 0. The second kappa shape index (κ2) is 6.00. The number of hydrogen-bond donors (Lipinski definition) is 1. The van der Waals surface area contributed by atoms with Gasteiger partial charge in [-0.25, -0.2) is 13.1 Å². The first-order valence-electron chi connectivity index (χ1n) is 3.83. The molecule has 0 spiro atoms. The lowest BCUT2D eigenvalue weighted by molar-refractivity contribution is -0.139. The van der Waals surface area contributed by atoms with E-state index in [-0.39, 0.29) is 18.2 Å². The molecule has 0 rings (SSSR count). The number of carbonyl (C=O) groups is 1. The van der Waals surface area contributed by atoms with Crippen LogP contribution in [-0.4, -0.2) is 33.3 Å². The number of carbonyl (C=O) groups excluding carboxylic acids is 1. The van der Waals surface area contributed by atoms with Crippen LogP contribution in [0.4, 0.5) is 0 Å². The fourth-order valence-corrected chi connectivity index (χ4v) is 1.63. The molecule has 1 N–H and O–H groups in total. The monoisotopic (exact) mass is 241 g/mol. The van der Waals surface area contributed by atoms with E-state index in [2.05, 4.69) is 16.0 Å². The number of nitrogens with one attached hydrogen (secondary N) is 1. The lowest BCUT2D eigenvalue weighted by Crippen LogP contribution is -2.31. The molecule has 0 amide bonds. The molecule has 0 bridgehead atoms. The normalized spacial score (nSPS) is 11.0. The molecule has 14 heavy (non-hydrogen) atoms. The number of rotatable bonds is 6. The summed E-state index contributed by atoms with van der Waals surface area (Å²) >= 11 is 5.34. The van der Waals surface area contributed by atoms with Crippen molar-refractivity contribution in [1.29, 1.82) is 0 Å². The average molecular weight is 242 g/mol. The van der Waals surface area contributed by atoms with Crippen molar-refractivity contribution in [2.24, 2.45) is 0 Å². The number of halogens is 1. The Bertz CT molecular complexity index is 312. The quantitative estimate of drug-likeness (QED) is 0.676. The van der Waals surface area contributed by atoms with Crippen LogP contribution in [-0.2, 0) is 19.6 Å². The zero-order valence-electron chi connectivity index (χ0n) is 7.75. The molecular weight excluding hydrogens is 230 g/mol. The number of hydrogen-bond acceptors (Lipinski definition) is 4. The molecule has 0 aliphatic heterocycles. The van der Waals surface area contributed by atoms with Gasteiger partial charge in [0, 0.05) is 11.6 Å². The second-order valence-corrected chi connectivity index (χ2v) is 4.74. The highest BCUT2D eigenvalue weighted by molar-refractivity contribution is 7.90. The summed E-state index contributed by atoms with van der Waals surface area (Å²) in [6.07, 6.45) is 0. The summed E-state index contributed by atoms with van der Waals surface area (Å²) in [6, 6.07) is 0. The molecule has 0 unspecified atom stereocenters. The molecule has 0 saturated heterocycles. The molecule has 0 radical (unpaired) electrons. The SMILES string of the molecule is C=C(Cl)CNS(=O)(=O)CC(=O)OCC. The Morgan fingerprint density at radius 1 is 1.57 bits per heavy atom. The number of esters is 1. The zero-order valence-corrected chi connectivity index (χ0v) is 9.32. The molecule has 0 aromatic carbocycles. The standard InChI is InChI=1S/C7H12ClNO4S/c1-3-13-7(10)5-14(11,12)9-4-6(2)8/h9H,2-5H2,1H3. The van der Waals surface area contributed by atoms with Gasteiger partial charge in [-0.15, -0.1) is 0 Å². The Hall–Kier alpha value is -0.590. The van der Waals surface area contributed by atoms with Gasteiger partial charge in [0.2, 0.25) is 10.0 Å². The smallest absolute Gasteiger partial charge is 0.322 e. The van der Waals surface area contributed by atoms with E-state index < -0.39 is 21.7 Å². The number of ether oxygens (including phenoxy) is 1. The summed E-state index contributed by atoms with van der Waals surface area (Å²) in [7, 11) is -3.67. The third-order valence-electron chi connectivity index (χ3n) is 1.10. The maximum atomic E-state index is 11.1. The topological polar surface area (TPSA) is 72.5 Å². The molecule has 0 aromatic heterocycles. The second-order valence-electron chi connectivity index (χ2n) is 2.40. The molecular formula is C7H12ClNO4S. The predicted molar refractivity (Wildman–Crippen MR) is 53.4 cm³/mol. The van der Waals surface area contributed by atoms with Crippen LogP contribution in [0.2, 0.25) is 0 Å². The Labute approximate surface area is 88.1 Å². The van der Waals surface area contributed by atoms with Crippen LogP contribution in [0.5, 0.6) is 0 Å². The highest BCUT2D eigenvalue weighted by Crippen LogP contribution is 1.95. The third kappa shape index (κ3) is 6.88. The molecule has 0 fully saturated rings. The fourth-order valence-electron chi connectivity index (χ4n) is 0.597. The van der Waals surface area contributed by atoms with E-state index in [9.17, 15) is 13.2 Å². The van der Waals surface area contributed by atoms with E-state index in [1.165, 1.54) is 0 Å². The Kier molecular flexibility index (Phi) is 5.75. The van der Waals surface area contributed by atoms with Crippen LogP contribution in [0.3, 0.4) is 0 Å². The van der Waals surface area contributed by atoms with E-state index >= 15 is 0 Å². The summed E-state index contributed by atoms with van der Waals surface area (Å²) < 4.78 is 28.8. The van der Waals surface area contributed by atoms with Crippen molar-refractivity contribution in [3.8, 4) is 0 Å². The highest BCUT2D eigenvalue weighted by Gasteiger charge is 2.16. The van der Waals surface area contributed by atoms with Gasteiger partial charge in [-0.1, -0.05) is 18.2 Å². The molecule has 7 heteroatoms. The lowest BCUT2D eigenvalue weighted by atomic mass is 10.7.